The molecule has 4 rings (SSSR count). The SMILES string of the molecule is CNC(=O)c1cc(Oc2ccc(NC(=O)c3cc(-c4ccc(F)cc4)ccn3)cc2)ccn1. The number of pyridine rings is 2. The van der Waals surface area contributed by atoms with E-state index in [-0.39, 0.29) is 29.0 Å². The van der Waals surface area contributed by atoms with Gasteiger partial charge in [0.2, 0.25) is 0 Å². The summed E-state index contributed by atoms with van der Waals surface area (Å²) in [7, 11) is 1.53. The van der Waals surface area contributed by atoms with Crippen molar-refractivity contribution < 1.29 is 18.7 Å². The Balaban J connectivity index is 1.43. The van der Waals surface area contributed by atoms with E-state index in [0.29, 0.717) is 17.2 Å². The molecule has 0 saturated carbocycles. The largest absolute Gasteiger partial charge is 0.457 e. The summed E-state index contributed by atoms with van der Waals surface area (Å²) in [6, 6.07) is 19.4. The Bertz CT molecular complexity index is 1290. The van der Waals surface area contributed by atoms with Gasteiger partial charge >= 0.3 is 0 Å². The molecule has 164 valence electrons. The third-order valence-electron chi connectivity index (χ3n) is 4.71. The topological polar surface area (TPSA) is 93.2 Å². The molecule has 0 radical (unpaired) electrons. The van der Waals surface area contributed by atoms with E-state index in [0.717, 1.165) is 11.1 Å². The van der Waals surface area contributed by atoms with Gasteiger partial charge in [0.05, 0.1) is 0 Å². The molecule has 0 saturated heterocycles. The van der Waals surface area contributed by atoms with Crippen LogP contribution in [0.1, 0.15) is 21.0 Å². The van der Waals surface area contributed by atoms with Crippen LogP contribution in [0.2, 0.25) is 0 Å². The maximum absolute atomic E-state index is 13.2. The molecule has 2 N–H and O–H groups in total. The molecule has 7 nitrogen and oxygen atoms in total. The number of rotatable bonds is 6. The number of ether oxygens (including phenoxy) is 1. The van der Waals surface area contributed by atoms with Crippen molar-refractivity contribution in [2.45, 2.75) is 0 Å². The Labute approximate surface area is 189 Å². The lowest BCUT2D eigenvalue weighted by molar-refractivity contribution is 0.0957. The zero-order chi connectivity index (χ0) is 23.2. The number of nitrogens with zero attached hydrogens (tertiary/aromatic N) is 2. The fourth-order valence-corrected chi connectivity index (χ4v) is 3.04. The Morgan fingerprint density at radius 3 is 2.12 bits per heavy atom. The first kappa shape index (κ1) is 21.6. The predicted molar refractivity (Wildman–Crippen MR) is 122 cm³/mol. The maximum atomic E-state index is 13.2. The lowest BCUT2D eigenvalue weighted by atomic mass is 10.1. The number of halogens is 1. The second-order valence-corrected chi connectivity index (χ2v) is 6.97. The summed E-state index contributed by atoms with van der Waals surface area (Å²) in [5, 5.41) is 5.30. The van der Waals surface area contributed by atoms with Crippen molar-refractivity contribution in [3.8, 4) is 22.6 Å². The molecule has 8 heteroatoms. The number of amides is 2. The number of anilines is 1. The molecule has 0 aliphatic heterocycles. The molecule has 0 atom stereocenters. The minimum atomic E-state index is -0.378. The molecule has 2 aromatic heterocycles. The summed E-state index contributed by atoms with van der Waals surface area (Å²) in [5.74, 6) is -0.0256. The van der Waals surface area contributed by atoms with Gasteiger partial charge in [-0.3, -0.25) is 19.6 Å². The Kier molecular flexibility index (Phi) is 6.36. The van der Waals surface area contributed by atoms with Crippen molar-refractivity contribution in [3.63, 3.8) is 0 Å². The van der Waals surface area contributed by atoms with Crippen molar-refractivity contribution in [3.05, 3.63) is 102 Å². The summed E-state index contributed by atoms with van der Waals surface area (Å²) in [5.41, 5.74) is 2.57. The van der Waals surface area contributed by atoms with Gasteiger partial charge in [0, 0.05) is 31.2 Å². The van der Waals surface area contributed by atoms with Gasteiger partial charge in [-0.1, -0.05) is 12.1 Å². The van der Waals surface area contributed by atoms with Crippen molar-refractivity contribution in [2.75, 3.05) is 12.4 Å². The molecule has 0 unspecified atom stereocenters. The van der Waals surface area contributed by atoms with E-state index in [9.17, 15) is 14.0 Å². The van der Waals surface area contributed by atoms with Crippen LogP contribution in [-0.2, 0) is 0 Å². The summed E-state index contributed by atoms with van der Waals surface area (Å²) in [4.78, 5) is 32.5. The molecule has 2 heterocycles. The predicted octanol–water partition coefficient (Wildman–Crippen LogP) is 4.69. The van der Waals surface area contributed by atoms with Gasteiger partial charge < -0.3 is 15.4 Å². The van der Waals surface area contributed by atoms with Crippen LogP contribution in [0, 0.1) is 5.82 Å². The first-order valence-electron chi connectivity index (χ1n) is 10.0. The Morgan fingerprint density at radius 1 is 0.758 bits per heavy atom. The minimum absolute atomic E-state index is 0.232. The lowest BCUT2D eigenvalue weighted by Crippen LogP contribution is -2.18. The number of hydrogen-bond acceptors (Lipinski definition) is 5. The number of carbonyl (C=O) groups excluding carboxylic acids is 2. The lowest BCUT2D eigenvalue weighted by Gasteiger charge is -2.09. The van der Waals surface area contributed by atoms with Crippen LogP contribution in [0.25, 0.3) is 11.1 Å². The second kappa shape index (κ2) is 9.69. The first-order valence-corrected chi connectivity index (χ1v) is 10.0. The monoisotopic (exact) mass is 442 g/mol. The molecule has 2 aromatic carbocycles. The average molecular weight is 442 g/mol. The molecule has 2 amide bonds. The minimum Gasteiger partial charge on any atom is -0.457 e. The highest BCUT2D eigenvalue weighted by atomic mass is 19.1. The Hall–Kier alpha value is -4.59. The number of hydrogen-bond donors (Lipinski definition) is 2. The van der Waals surface area contributed by atoms with E-state index in [1.54, 1.807) is 54.6 Å². The van der Waals surface area contributed by atoms with Crippen LogP contribution >= 0.6 is 0 Å². The average Bonchev–Trinajstić information content (AvgIpc) is 2.85. The smallest absolute Gasteiger partial charge is 0.274 e. The molecule has 0 aliphatic rings. The van der Waals surface area contributed by atoms with Gasteiger partial charge in [0.25, 0.3) is 11.8 Å². The van der Waals surface area contributed by atoms with Gasteiger partial charge in [-0.05, 0) is 65.7 Å². The van der Waals surface area contributed by atoms with E-state index in [1.807, 2.05) is 0 Å². The zero-order valence-electron chi connectivity index (χ0n) is 17.6. The van der Waals surface area contributed by atoms with Crippen LogP contribution in [0.4, 0.5) is 10.1 Å². The number of carbonyl (C=O) groups is 2. The fourth-order valence-electron chi connectivity index (χ4n) is 3.04. The molecular formula is C25H19FN4O3. The summed E-state index contributed by atoms with van der Waals surface area (Å²) < 4.78 is 18.9. The van der Waals surface area contributed by atoms with Crippen LogP contribution < -0.4 is 15.4 Å². The van der Waals surface area contributed by atoms with E-state index in [2.05, 4.69) is 20.6 Å². The molecule has 0 bridgehead atoms. The third kappa shape index (κ3) is 5.37. The van der Waals surface area contributed by atoms with Gasteiger partial charge in [-0.25, -0.2) is 4.39 Å². The van der Waals surface area contributed by atoms with E-state index in [1.165, 1.54) is 37.6 Å². The summed E-state index contributed by atoms with van der Waals surface area (Å²) >= 11 is 0. The van der Waals surface area contributed by atoms with Crippen LogP contribution in [-0.4, -0.2) is 28.8 Å². The molecular weight excluding hydrogens is 423 g/mol. The van der Waals surface area contributed by atoms with Gasteiger partial charge in [0.1, 0.15) is 28.7 Å². The molecule has 0 aliphatic carbocycles. The van der Waals surface area contributed by atoms with E-state index < -0.39 is 0 Å². The van der Waals surface area contributed by atoms with Gasteiger partial charge in [-0.2, -0.15) is 0 Å². The van der Waals surface area contributed by atoms with E-state index >= 15 is 0 Å². The van der Waals surface area contributed by atoms with Crippen molar-refractivity contribution in [1.82, 2.24) is 15.3 Å². The standard InChI is InChI=1S/C25H19FN4O3/c1-27-24(31)23-15-21(11-13-29-23)33-20-8-6-19(7-9-20)30-25(32)22-14-17(10-12-28-22)16-2-4-18(26)5-3-16/h2-15H,1H3,(H,27,31)(H,30,32). The summed E-state index contributed by atoms with van der Waals surface area (Å²) in [6.45, 7) is 0. The molecule has 33 heavy (non-hydrogen) atoms. The molecule has 4 aromatic rings. The highest BCUT2D eigenvalue weighted by Gasteiger charge is 2.11. The van der Waals surface area contributed by atoms with Crippen LogP contribution in [0.5, 0.6) is 11.5 Å². The molecule has 0 fully saturated rings. The quantitative estimate of drug-likeness (QED) is 0.452. The number of nitrogens with one attached hydrogen (secondary N) is 2. The number of aromatic nitrogens is 2. The van der Waals surface area contributed by atoms with Gasteiger partial charge in [-0.15, -0.1) is 0 Å². The van der Waals surface area contributed by atoms with Crippen molar-refractivity contribution >= 4 is 17.5 Å². The van der Waals surface area contributed by atoms with Crippen LogP contribution in [0.15, 0.2) is 85.2 Å². The maximum Gasteiger partial charge on any atom is 0.274 e. The van der Waals surface area contributed by atoms with Crippen molar-refractivity contribution in [2.24, 2.45) is 0 Å². The molecule has 0 spiro atoms. The highest BCUT2D eigenvalue weighted by Crippen LogP contribution is 2.24. The first-order chi connectivity index (χ1) is 16.0. The highest BCUT2D eigenvalue weighted by molar-refractivity contribution is 6.03. The second-order valence-electron chi connectivity index (χ2n) is 6.97. The van der Waals surface area contributed by atoms with Crippen LogP contribution in [0.3, 0.4) is 0 Å². The fraction of sp³-hybridized carbons (Fsp3) is 0.0400. The summed E-state index contributed by atoms with van der Waals surface area (Å²) in [6.07, 6.45) is 3.02. The Morgan fingerprint density at radius 2 is 1.42 bits per heavy atom. The normalized spacial score (nSPS) is 10.4. The van der Waals surface area contributed by atoms with Gasteiger partial charge in [0.15, 0.2) is 0 Å². The zero-order valence-corrected chi connectivity index (χ0v) is 17.6. The number of benzene rings is 2. The van der Waals surface area contributed by atoms with E-state index in [4.69, 9.17) is 4.74 Å². The van der Waals surface area contributed by atoms with Crippen molar-refractivity contribution in [1.29, 1.82) is 0 Å². The third-order valence-corrected chi connectivity index (χ3v) is 4.71.